The third-order valence-corrected chi connectivity index (χ3v) is 3.42. The largest absolute Gasteiger partial charge is 0.487 e. The molecule has 0 saturated carbocycles. The number of ether oxygens (including phenoxy) is 1. The maximum Gasteiger partial charge on any atom is 0.318 e. The van der Waals surface area contributed by atoms with Gasteiger partial charge in [0.15, 0.2) is 0 Å². The average molecular weight is 306 g/mol. The van der Waals surface area contributed by atoms with Crippen molar-refractivity contribution in [3.8, 4) is 5.75 Å². The highest BCUT2D eigenvalue weighted by Crippen LogP contribution is 2.23. The predicted molar refractivity (Wildman–Crippen MR) is 81.5 cm³/mol. The van der Waals surface area contributed by atoms with Crippen molar-refractivity contribution >= 4 is 11.9 Å². The van der Waals surface area contributed by atoms with E-state index in [9.17, 15) is 9.59 Å². The molecule has 2 N–H and O–H groups in total. The van der Waals surface area contributed by atoms with Crippen LogP contribution in [0.5, 0.6) is 5.75 Å². The van der Waals surface area contributed by atoms with Gasteiger partial charge in [0.25, 0.3) is 0 Å². The fourth-order valence-electron chi connectivity index (χ4n) is 2.46. The molecule has 7 heteroatoms. The third-order valence-electron chi connectivity index (χ3n) is 3.42. The fraction of sp³-hybridized carbons (Fsp3) is 0.533. The van der Waals surface area contributed by atoms with Crippen molar-refractivity contribution in [2.45, 2.75) is 38.5 Å². The maximum atomic E-state index is 12.3. The number of nitrogens with zero attached hydrogens (tertiary/aromatic N) is 2. The van der Waals surface area contributed by atoms with Crippen molar-refractivity contribution in [1.29, 1.82) is 0 Å². The van der Waals surface area contributed by atoms with Gasteiger partial charge in [0.1, 0.15) is 17.9 Å². The molecule has 0 bridgehead atoms. The Morgan fingerprint density at radius 3 is 2.82 bits per heavy atom. The van der Waals surface area contributed by atoms with Gasteiger partial charge in [0.2, 0.25) is 5.91 Å². The Labute approximate surface area is 130 Å². The molecule has 0 aliphatic carbocycles. The van der Waals surface area contributed by atoms with Crippen molar-refractivity contribution in [2.24, 2.45) is 0 Å². The van der Waals surface area contributed by atoms with Crippen LogP contribution in [0.2, 0.25) is 0 Å². The van der Waals surface area contributed by atoms with Crippen LogP contribution in [0.3, 0.4) is 0 Å². The molecule has 0 unspecified atom stereocenters. The van der Waals surface area contributed by atoms with Crippen LogP contribution in [0.15, 0.2) is 24.5 Å². The molecule has 2 rings (SSSR count). The molecule has 22 heavy (non-hydrogen) atoms. The molecule has 1 saturated heterocycles. The zero-order chi connectivity index (χ0) is 16.1. The Hall–Kier alpha value is -2.31. The fourth-order valence-corrected chi connectivity index (χ4v) is 2.46. The van der Waals surface area contributed by atoms with E-state index in [2.05, 4.69) is 15.6 Å². The van der Waals surface area contributed by atoms with Crippen molar-refractivity contribution < 1.29 is 14.3 Å². The lowest BCUT2D eigenvalue weighted by molar-refractivity contribution is -0.124. The molecule has 1 fully saturated rings. The Morgan fingerprint density at radius 1 is 1.45 bits per heavy atom. The Bertz CT molecular complexity index is 521. The lowest BCUT2D eigenvalue weighted by Crippen LogP contribution is -2.50. The molecule has 0 radical (unpaired) electrons. The molecular formula is C15H22N4O3. The second-order valence-electron chi connectivity index (χ2n) is 5.55. The number of hydrogen-bond acceptors (Lipinski definition) is 4. The first-order valence-electron chi connectivity index (χ1n) is 7.36. The van der Waals surface area contributed by atoms with Crippen LogP contribution in [0.25, 0.3) is 0 Å². The van der Waals surface area contributed by atoms with Gasteiger partial charge in [-0.3, -0.25) is 9.78 Å². The predicted octanol–water partition coefficient (Wildman–Crippen LogP) is 0.767. The van der Waals surface area contributed by atoms with E-state index in [0.717, 1.165) is 0 Å². The highest BCUT2D eigenvalue weighted by atomic mass is 16.5. The summed E-state index contributed by atoms with van der Waals surface area (Å²) in [6.45, 7) is 4.13. The van der Waals surface area contributed by atoms with Crippen LogP contribution in [0.1, 0.15) is 20.3 Å². The van der Waals surface area contributed by atoms with E-state index in [1.165, 1.54) is 4.90 Å². The van der Waals surface area contributed by atoms with Gasteiger partial charge in [-0.2, -0.15) is 0 Å². The van der Waals surface area contributed by atoms with Gasteiger partial charge in [0, 0.05) is 25.7 Å². The third kappa shape index (κ3) is 3.87. The molecule has 120 valence electrons. The summed E-state index contributed by atoms with van der Waals surface area (Å²) < 4.78 is 5.82. The summed E-state index contributed by atoms with van der Waals surface area (Å²) in [7, 11) is 1.57. The summed E-state index contributed by atoms with van der Waals surface area (Å²) in [6.07, 6.45) is 3.51. The van der Waals surface area contributed by atoms with Crippen molar-refractivity contribution in [2.75, 3.05) is 13.6 Å². The number of hydrogen-bond donors (Lipinski definition) is 2. The number of rotatable bonds is 4. The quantitative estimate of drug-likeness (QED) is 0.860. The Morgan fingerprint density at radius 2 is 2.23 bits per heavy atom. The summed E-state index contributed by atoms with van der Waals surface area (Å²) in [5, 5.41) is 5.42. The molecule has 0 spiro atoms. The summed E-state index contributed by atoms with van der Waals surface area (Å²) in [4.78, 5) is 29.8. The van der Waals surface area contributed by atoms with Crippen molar-refractivity contribution in [3.63, 3.8) is 0 Å². The normalized spacial score (nSPS) is 20.8. The van der Waals surface area contributed by atoms with Gasteiger partial charge in [-0.25, -0.2) is 4.79 Å². The average Bonchev–Trinajstić information content (AvgIpc) is 2.91. The summed E-state index contributed by atoms with van der Waals surface area (Å²) >= 11 is 0. The molecular weight excluding hydrogens is 284 g/mol. The van der Waals surface area contributed by atoms with Gasteiger partial charge in [-0.1, -0.05) is 0 Å². The Kier molecular flexibility index (Phi) is 5.19. The molecule has 1 aliphatic heterocycles. The molecule has 7 nitrogen and oxygen atoms in total. The Balaban J connectivity index is 2.07. The number of aromatic nitrogens is 1. The second-order valence-corrected chi connectivity index (χ2v) is 5.55. The van der Waals surface area contributed by atoms with Gasteiger partial charge in [-0.05, 0) is 26.0 Å². The summed E-state index contributed by atoms with van der Waals surface area (Å²) in [5.74, 6) is 0.450. The monoisotopic (exact) mass is 306 g/mol. The maximum absolute atomic E-state index is 12.3. The van der Waals surface area contributed by atoms with Crippen LogP contribution in [0, 0.1) is 0 Å². The van der Waals surface area contributed by atoms with E-state index in [1.54, 1.807) is 31.6 Å². The van der Waals surface area contributed by atoms with Gasteiger partial charge >= 0.3 is 6.03 Å². The first-order valence-corrected chi connectivity index (χ1v) is 7.36. The van der Waals surface area contributed by atoms with E-state index >= 15 is 0 Å². The molecule has 2 heterocycles. The van der Waals surface area contributed by atoms with E-state index in [4.69, 9.17) is 4.74 Å². The highest BCUT2D eigenvalue weighted by molar-refractivity contribution is 5.87. The van der Waals surface area contributed by atoms with Crippen molar-refractivity contribution in [3.05, 3.63) is 24.5 Å². The highest BCUT2D eigenvalue weighted by Gasteiger charge is 2.40. The van der Waals surface area contributed by atoms with E-state index in [1.807, 2.05) is 13.8 Å². The second kappa shape index (κ2) is 7.11. The molecule has 1 aliphatic rings. The standard InChI is InChI=1S/C15H22N4O3/c1-10(2)18-15(21)19-9-12(7-13(19)14(20)16-3)22-11-5-4-6-17-8-11/h4-6,8,10,12-13H,7,9H2,1-3H3,(H,16,20)(H,18,21)/t12-,13+/m0/s1. The zero-order valence-corrected chi connectivity index (χ0v) is 13.1. The molecule has 0 aromatic carbocycles. The van der Waals surface area contributed by atoms with Crippen LogP contribution < -0.4 is 15.4 Å². The van der Waals surface area contributed by atoms with Gasteiger partial charge < -0.3 is 20.3 Å². The van der Waals surface area contributed by atoms with Gasteiger partial charge in [0.05, 0.1) is 12.7 Å². The number of nitrogens with one attached hydrogen (secondary N) is 2. The van der Waals surface area contributed by atoms with Crippen LogP contribution in [-0.4, -0.2) is 53.6 Å². The first kappa shape index (κ1) is 16.1. The number of pyridine rings is 1. The van der Waals surface area contributed by atoms with Crippen molar-refractivity contribution in [1.82, 2.24) is 20.5 Å². The minimum atomic E-state index is -0.523. The van der Waals surface area contributed by atoms with E-state index in [0.29, 0.717) is 18.7 Å². The number of carbonyl (C=O) groups excluding carboxylic acids is 2. The van der Waals surface area contributed by atoms with Crippen LogP contribution >= 0.6 is 0 Å². The molecule has 1 aromatic heterocycles. The SMILES string of the molecule is CNC(=O)[C@H]1C[C@H](Oc2cccnc2)CN1C(=O)NC(C)C. The van der Waals surface area contributed by atoms with E-state index < -0.39 is 6.04 Å². The topological polar surface area (TPSA) is 83.6 Å². The first-order chi connectivity index (χ1) is 10.5. The molecule has 1 aromatic rings. The van der Waals surface area contributed by atoms with Crippen LogP contribution in [0.4, 0.5) is 4.79 Å². The number of likely N-dealkylation sites (tertiary alicyclic amines) is 1. The number of urea groups is 1. The molecule has 2 atom stereocenters. The lowest BCUT2D eigenvalue weighted by atomic mass is 10.2. The number of likely N-dealkylation sites (N-methyl/N-ethyl adjacent to an activating group) is 1. The lowest BCUT2D eigenvalue weighted by Gasteiger charge is -2.24. The minimum absolute atomic E-state index is 0.0103. The van der Waals surface area contributed by atoms with E-state index in [-0.39, 0.29) is 24.1 Å². The molecule has 3 amide bonds. The zero-order valence-electron chi connectivity index (χ0n) is 13.1. The van der Waals surface area contributed by atoms with Gasteiger partial charge in [-0.15, -0.1) is 0 Å². The number of amides is 3. The van der Waals surface area contributed by atoms with Crippen LogP contribution in [-0.2, 0) is 4.79 Å². The number of carbonyl (C=O) groups is 2. The smallest absolute Gasteiger partial charge is 0.318 e. The summed E-state index contributed by atoms with van der Waals surface area (Å²) in [6, 6.07) is 2.82. The summed E-state index contributed by atoms with van der Waals surface area (Å²) in [5.41, 5.74) is 0. The minimum Gasteiger partial charge on any atom is -0.487 e.